The lowest BCUT2D eigenvalue weighted by Crippen LogP contribution is -2.60. The number of hydrogen-bond donors (Lipinski definition) is 6. The van der Waals surface area contributed by atoms with E-state index in [4.69, 9.17) is 18.9 Å². The predicted molar refractivity (Wildman–Crippen MR) is 90.4 cm³/mol. The molecular weight excluding hydrogens is 364 g/mol. The van der Waals surface area contributed by atoms with Crippen LogP contribution in [0.25, 0.3) is 0 Å². The topological polar surface area (TPSA) is 158 Å². The van der Waals surface area contributed by atoms with Crippen LogP contribution in [0.4, 0.5) is 0 Å². The highest BCUT2D eigenvalue weighted by Gasteiger charge is 2.45. The average Bonchev–Trinajstić information content (AvgIpc) is 2.66. The van der Waals surface area contributed by atoms with Crippen molar-refractivity contribution in [1.82, 2.24) is 0 Å². The molecule has 2 rings (SSSR count). The highest BCUT2D eigenvalue weighted by molar-refractivity contribution is 4.91. The van der Waals surface area contributed by atoms with Crippen LogP contribution in [0, 0.1) is 0 Å². The van der Waals surface area contributed by atoms with E-state index in [1.54, 1.807) is 6.08 Å². The molecule has 6 N–H and O–H groups in total. The van der Waals surface area contributed by atoms with Gasteiger partial charge in [-0.25, -0.2) is 0 Å². The smallest absolute Gasteiger partial charge is 0.187 e. The molecule has 10 heteroatoms. The first-order chi connectivity index (χ1) is 12.9. The van der Waals surface area contributed by atoms with Crippen LogP contribution in [0.5, 0.6) is 0 Å². The third-order valence-electron chi connectivity index (χ3n) is 4.53. The Balaban J connectivity index is 1.87. The number of unbranched alkanes of at least 4 members (excludes halogenated alkanes) is 1. The number of rotatable bonds is 8. The second-order valence-corrected chi connectivity index (χ2v) is 6.69. The largest absolute Gasteiger partial charge is 0.388 e. The van der Waals surface area contributed by atoms with Gasteiger partial charge in [-0.15, -0.1) is 0 Å². The van der Waals surface area contributed by atoms with Gasteiger partial charge in [-0.3, -0.25) is 0 Å². The minimum absolute atomic E-state index is 0.159. The van der Waals surface area contributed by atoms with Crippen molar-refractivity contribution in [2.45, 2.75) is 75.1 Å². The molecule has 158 valence electrons. The molecule has 0 amide bonds. The highest BCUT2D eigenvalue weighted by Crippen LogP contribution is 2.24. The van der Waals surface area contributed by atoms with Crippen LogP contribution in [-0.4, -0.2) is 106 Å². The van der Waals surface area contributed by atoms with Gasteiger partial charge in [0.1, 0.15) is 42.7 Å². The van der Waals surface area contributed by atoms with Gasteiger partial charge in [-0.2, -0.15) is 0 Å². The summed E-state index contributed by atoms with van der Waals surface area (Å²) >= 11 is 0. The first-order valence-electron chi connectivity index (χ1n) is 9.10. The number of allylic oxidation sites excluding steroid dienone is 1. The molecule has 0 aliphatic carbocycles. The fourth-order valence-corrected chi connectivity index (χ4v) is 2.81. The Morgan fingerprint density at radius 1 is 0.852 bits per heavy atom. The van der Waals surface area contributed by atoms with E-state index in [-0.39, 0.29) is 19.8 Å². The molecule has 10 nitrogen and oxygen atoms in total. The van der Waals surface area contributed by atoms with Crippen molar-refractivity contribution in [1.29, 1.82) is 0 Å². The second kappa shape index (κ2) is 10.8. The van der Waals surface area contributed by atoms with E-state index in [0.717, 1.165) is 12.8 Å². The van der Waals surface area contributed by atoms with Crippen molar-refractivity contribution in [3.8, 4) is 0 Å². The summed E-state index contributed by atoms with van der Waals surface area (Å²) in [5, 5.41) is 59.0. The molecular formula is C17H30O10. The first kappa shape index (κ1) is 22.6. The molecule has 2 saturated heterocycles. The maximum atomic E-state index is 10.1. The summed E-state index contributed by atoms with van der Waals surface area (Å²) in [4.78, 5) is 0. The fraction of sp³-hybridized carbons (Fsp3) is 0.882. The molecule has 2 fully saturated rings. The number of ether oxygens (including phenoxy) is 4. The molecule has 0 unspecified atom stereocenters. The van der Waals surface area contributed by atoms with Crippen LogP contribution in [0.15, 0.2) is 12.2 Å². The van der Waals surface area contributed by atoms with Crippen LogP contribution >= 0.6 is 0 Å². The number of aliphatic hydroxyl groups is 6. The van der Waals surface area contributed by atoms with Gasteiger partial charge in [0.15, 0.2) is 12.6 Å². The zero-order valence-corrected chi connectivity index (χ0v) is 15.2. The summed E-state index contributed by atoms with van der Waals surface area (Å²) < 4.78 is 21.3. The summed E-state index contributed by atoms with van der Waals surface area (Å²) in [6.45, 7) is 1.66. The van der Waals surface area contributed by atoms with Crippen molar-refractivity contribution in [3.63, 3.8) is 0 Å². The maximum Gasteiger partial charge on any atom is 0.187 e. The molecule has 2 heterocycles. The maximum absolute atomic E-state index is 10.1. The molecule has 2 aliphatic heterocycles. The summed E-state index contributed by atoms with van der Waals surface area (Å²) in [5.74, 6) is 0. The molecule has 0 saturated carbocycles. The molecule has 2 aliphatic rings. The van der Waals surface area contributed by atoms with E-state index in [0.29, 0.717) is 0 Å². The number of hydrogen-bond acceptors (Lipinski definition) is 10. The third kappa shape index (κ3) is 5.91. The quantitative estimate of drug-likeness (QED) is 0.246. The van der Waals surface area contributed by atoms with Crippen molar-refractivity contribution in [2.24, 2.45) is 0 Å². The minimum Gasteiger partial charge on any atom is -0.388 e. The minimum atomic E-state index is -1.51. The molecule has 27 heavy (non-hydrogen) atoms. The Bertz CT molecular complexity index is 461. The van der Waals surface area contributed by atoms with Gasteiger partial charge in [0.25, 0.3) is 0 Å². The van der Waals surface area contributed by atoms with Crippen LogP contribution in [0.3, 0.4) is 0 Å². The molecule has 0 bridgehead atoms. The summed E-state index contributed by atoms with van der Waals surface area (Å²) in [5.41, 5.74) is 0. The van der Waals surface area contributed by atoms with Gasteiger partial charge < -0.3 is 49.6 Å². The zero-order chi connectivity index (χ0) is 20.0. The van der Waals surface area contributed by atoms with E-state index in [9.17, 15) is 30.6 Å². The van der Waals surface area contributed by atoms with Crippen LogP contribution in [0.2, 0.25) is 0 Å². The SMILES string of the molecule is CCC/C=C/CO[C@@H]1O[C@H](CO[C@@H]2OC[C@H](O)[C@H](O)[C@H]2O)[C@@H](O)[C@H](O)[C@H]1O. The van der Waals surface area contributed by atoms with Crippen LogP contribution < -0.4 is 0 Å². The fourth-order valence-electron chi connectivity index (χ4n) is 2.81. The van der Waals surface area contributed by atoms with Crippen molar-refractivity contribution < 1.29 is 49.6 Å². The average molecular weight is 394 g/mol. The lowest BCUT2D eigenvalue weighted by molar-refractivity contribution is -0.319. The van der Waals surface area contributed by atoms with E-state index in [2.05, 4.69) is 0 Å². The monoisotopic (exact) mass is 394 g/mol. The van der Waals surface area contributed by atoms with Gasteiger partial charge in [0, 0.05) is 0 Å². The van der Waals surface area contributed by atoms with Crippen LogP contribution in [0.1, 0.15) is 19.8 Å². The number of aliphatic hydroxyl groups excluding tert-OH is 6. The Hall–Kier alpha value is -0.660. The third-order valence-corrected chi connectivity index (χ3v) is 4.53. The van der Waals surface area contributed by atoms with Gasteiger partial charge in [-0.1, -0.05) is 25.5 Å². The van der Waals surface area contributed by atoms with Gasteiger partial charge in [0.2, 0.25) is 0 Å². The summed E-state index contributed by atoms with van der Waals surface area (Å²) in [6.07, 6.45) is -6.46. The van der Waals surface area contributed by atoms with Gasteiger partial charge in [-0.05, 0) is 6.42 Å². The standard InChI is InChI=1S/C17H30O10/c1-2-3-4-5-6-24-17-15(23)13(21)12(20)10(27-17)8-26-16-14(22)11(19)9(18)7-25-16/h4-5,9-23H,2-3,6-8H2,1H3/b5-4+/t9-,10+,11-,12+,13-,14+,15+,16-,17+/m0/s1. The highest BCUT2D eigenvalue weighted by atomic mass is 16.7. The Morgan fingerprint density at radius 3 is 2.26 bits per heavy atom. The lowest BCUT2D eigenvalue weighted by Gasteiger charge is -2.41. The van der Waals surface area contributed by atoms with Crippen LogP contribution in [-0.2, 0) is 18.9 Å². The summed E-state index contributed by atoms with van der Waals surface area (Å²) in [6, 6.07) is 0. The molecule has 0 aromatic carbocycles. The Morgan fingerprint density at radius 2 is 1.56 bits per heavy atom. The molecule has 9 atom stereocenters. The first-order valence-corrected chi connectivity index (χ1v) is 9.10. The van der Waals surface area contributed by atoms with E-state index in [1.165, 1.54) is 0 Å². The van der Waals surface area contributed by atoms with Gasteiger partial charge >= 0.3 is 0 Å². The predicted octanol–water partition coefficient (Wildman–Crippen LogP) is -2.38. The van der Waals surface area contributed by atoms with Crippen molar-refractivity contribution in [2.75, 3.05) is 19.8 Å². The summed E-state index contributed by atoms with van der Waals surface area (Å²) in [7, 11) is 0. The molecule has 0 spiro atoms. The second-order valence-electron chi connectivity index (χ2n) is 6.69. The zero-order valence-electron chi connectivity index (χ0n) is 15.2. The van der Waals surface area contributed by atoms with E-state index >= 15 is 0 Å². The van der Waals surface area contributed by atoms with Crippen molar-refractivity contribution >= 4 is 0 Å². The van der Waals surface area contributed by atoms with Gasteiger partial charge in [0.05, 0.1) is 19.8 Å². The normalized spacial score (nSPS) is 43.3. The molecule has 0 aromatic rings. The Kier molecular flexibility index (Phi) is 9.02. The van der Waals surface area contributed by atoms with E-state index in [1.807, 2.05) is 13.0 Å². The molecule has 0 radical (unpaired) electrons. The van der Waals surface area contributed by atoms with Crippen molar-refractivity contribution in [3.05, 3.63) is 12.2 Å². The molecule has 0 aromatic heterocycles. The lowest BCUT2D eigenvalue weighted by atomic mass is 9.99. The Labute approximate surface area is 157 Å². The van der Waals surface area contributed by atoms with E-state index < -0.39 is 55.3 Å².